The van der Waals surface area contributed by atoms with E-state index in [0.717, 1.165) is 34.0 Å². The van der Waals surface area contributed by atoms with Crippen molar-refractivity contribution in [1.82, 2.24) is 9.88 Å². The first-order valence-electron chi connectivity index (χ1n) is 20.0. The van der Waals surface area contributed by atoms with E-state index < -0.39 is 0 Å². The molecule has 1 aromatic heterocycles. The summed E-state index contributed by atoms with van der Waals surface area (Å²) in [6, 6.07) is 69.7. The molecule has 0 spiro atoms. The van der Waals surface area contributed by atoms with E-state index in [-0.39, 0.29) is 11.6 Å². The summed E-state index contributed by atoms with van der Waals surface area (Å²) in [6.45, 7) is 4.71. The number of aliphatic imine (C=N–C) groups is 2. The third kappa shape index (κ3) is 5.44. The zero-order valence-corrected chi connectivity index (χ0v) is 32.4. The van der Waals surface area contributed by atoms with E-state index in [9.17, 15) is 0 Å². The smallest absolute Gasteiger partial charge is 0.159 e. The van der Waals surface area contributed by atoms with Crippen LogP contribution in [0.1, 0.15) is 47.8 Å². The second kappa shape index (κ2) is 13.4. The van der Waals surface area contributed by atoms with Crippen molar-refractivity contribution in [2.45, 2.75) is 25.4 Å². The zero-order chi connectivity index (χ0) is 38.8. The SMILES string of the molecule is CC1(C)c2ccccc2-c2ccc(-c3ccccc3-c3cccc4c5ccccc5n(-c5ccc(C6=NC(c7ccccc7)=NC(c7ccccc7)N6)cc5)c34)cc21. The predicted molar refractivity (Wildman–Crippen MR) is 241 cm³/mol. The van der Waals surface area contributed by atoms with Gasteiger partial charge in [0.05, 0.1) is 11.0 Å². The molecule has 0 radical (unpaired) electrons. The lowest BCUT2D eigenvalue weighted by Crippen LogP contribution is -2.33. The van der Waals surface area contributed by atoms with Crippen LogP contribution in [0.5, 0.6) is 0 Å². The average molecular weight is 745 g/mol. The number of benzene rings is 8. The van der Waals surface area contributed by atoms with E-state index >= 15 is 0 Å². The maximum absolute atomic E-state index is 5.07. The molecule has 1 unspecified atom stereocenters. The van der Waals surface area contributed by atoms with Gasteiger partial charge < -0.3 is 9.88 Å². The zero-order valence-electron chi connectivity index (χ0n) is 32.4. The predicted octanol–water partition coefficient (Wildman–Crippen LogP) is 12.9. The van der Waals surface area contributed by atoms with Crippen molar-refractivity contribution >= 4 is 33.5 Å². The first-order chi connectivity index (χ1) is 28.5. The van der Waals surface area contributed by atoms with Gasteiger partial charge in [-0.1, -0.05) is 172 Å². The molecule has 2 aliphatic rings. The van der Waals surface area contributed by atoms with E-state index in [4.69, 9.17) is 9.98 Å². The number of para-hydroxylation sites is 2. The molecule has 1 N–H and O–H groups in total. The molecular weight excluding hydrogens is 705 g/mol. The Morgan fingerprint density at radius 2 is 1.10 bits per heavy atom. The van der Waals surface area contributed by atoms with Crippen LogP contribution in [0.2, 0.25) is 0 Å². The Morgan fingerprint density at radius 1 is 0.483 bits per heavy atom. The van der Waals surface area contributed by atoms with Crippen LogP contribution in [0.25, 0.3) is 60.9 Å². The Labute approximate surface area is 338 Å². The first-order valence-corrected chi connectivity index (χ1v) is 20.0. The lowest BCUT2D eigenvalue weighted by molar-refractivity contribution is 0.660. The number of hydrogen-bond acceptors (Lipinski definition) is 3. The van der Waals surface area contributed by atoms with Gasteiger partial charge in [0.25, 0.3) is 0 Å². The van der Waals surface area contributed by atoms with E-state index in [1.807, 2.05) is 24.3 Å². The van der Waals surface area contributed by atoms with Crippen LogP contribution in [0.3, 0.4) is 0 Å². The minimum Gasteiger partial charge on any atom is -0.344 e. The van der Waals surface area contributed by atoms with Crippen LogP contribution in [-0.2, 0) is 5.41 Å². The minimum absolute atomic E-state index is 0.0768. The number of nitrogens with one attached hydrogen (secondary N) is 1. The highest BCUT2D eigenvalue weighted by Gasteiger charge is 2.35. The van der Waals surface area contributed by atoms with Crippen molar-refractivity contribution < 1.29 is 0 Å². The Kier molecular flexibility index (Phi) is 7.87. The number of hydrogen-bond donors (Lipinski definition) is 1. The van der Waals surface area contributed by atoms with Gasteiger partial charge in [0.15, 0.2) is 5.84 Å². The van der Waals surface area contributed by atoms with Crippen molar-refractivity contribution in [3.63, 3.8) is 0 Å². The van der Waals surface area contributed by atoms with Gasteiger partial charge >= 0.3 is 0 Å². The summed E-state index contributed by atoms with van der Waals surface area (Å²) in [5.41, 5.74) is 16.8. The summed E-state index contributed by atoms with van der Waals surface area (Å²) in [4.78, 5) is 10.1. The molecule has 0 fully saturated rings. The van der Waals surface area contributed by atoms with Crippen molar-refractivity contribution in [1.29, 1.82) is 0 Å². The van der Waals surface area contributed by atoms with Gasteiger partial charge in [0.1, 0.15) is 12.0 Å². The average Bonchev–Trinajstić information content (AvgIpc) is 3.75. The fraction of sp³-hybridized carbons (Fsp3) is 0.0741. The lowest BCUT2D eigenvalue weighted by Gasteiger charge is -2.24. The fourth-order valence-corrected chi connectivity index (χ4v) is 9.23. The number of amidine groups is 2. The highest BCUT2D eigenvalue weighted by atomic mass is 15.2. The molecule has 276 valence electrons. The van der Waals surface area contributed by atoms with Gasteiger partial charge in [-0.3, -0.25) is 0 Å². The standard InChI is InChI=1S/C54H40N4/c1-54(2)47-26-13-11-22-42(47)43-33-30-38(34-48(43)54)40-20-9-10-21-41(40)45-24-15-25-46-44-23-12-14-27-49(44)58(50(45)46)39-31-28-37(29-32-39)53-56-51(35-16-5-3-6-17-35)55-52(57-53)36-18-7-4-8-19-36/h3-34,51H,1-2H3,(H,55,56,57). The molecule has 1 aliphatic carbocycles. The monoisotopic (exact) mass is 744 g/mol. The number of rotatable bonds is 6. The van der Waals surface area contributed by atoms with E-state index in [1.54, 1.807) is 0 Å². The van der Waals surface area contributed by atoms with Crippen LogP contribution in [-0.4, -0.2) is 16.2 Å². The molecule has 0 bridgehead atoms. The third-order valence-electron chi connectivity index (χ3n) is 12.1. The quantitative estimate of drug-likeness (QED) is 0.181. The molecule has 1 atom stereocenters. The molecule has 8 aromatic carbocycles. The van der Waals surface area contributed by atoms with Gasteiger partial charge in [0.2, 0.25) is 0 Å². The van der Waals surface area contributed by atoms with E-state index in [1.165, 1.54) is 66.3 Å². The highest BCUT2D eigenvalue weighted by Crippen LogP contribution is 2.50. The number of nitrogens with zero attached hydrogens (tertiary/aromatic N) is 3. The second-order valence-corrected chi connectivity index (χ2v) is 15.8. The maximum Gasteiger partial charge on any atom is 0.159 e. The Bertz CT molecular complexity index is 3100. The van der Waals surface area contributed by atoms with Crippen molar-refractivity contribution in [3.8, 4) is 39.1 Å². The molecule has 1 aliphatic heterocycles. The molecule has 0 amide bonds. The van der Waals surface area contributed by atoms with Gasteiger partial charge in [-0.15, -0.1) is 0 Å². The largest absolute Gasteiger partial charge is 0.344 e. The van der Waals surface area contributed by atoms with E-state index in [0.29, 0.717) is 0 Å². The molecule has 4 nitrogen and oxygen atoms in total. The van der Waals surface area contributed by atoms with Gasteiger partial charge in [-0.2, -0.15) is 0 Å². The summed E-state index contributed by atoms with van der Waals surface area (Å²) < 4.78 is 2.43. The first kappa shape index (κ1) is 34.0. The Morgan fingerprint density at radius 3 is 1.91 bits per heavy atom. The molecule has 11 rings (SSSR count). The van der Waals surface area contributed by atoms with Crippen LogP contribution >= 0.6 is 0 Å². The van der Waals surface area contributed by atoms with Crippen LogP contribution < -0.4 is 5.32 Å². The van der Waals surface area contributed by atoms with E-state index in [2.05, 4.69) is 194 Å². The molecule has 4 heteroatoms. The fourth-order valence-electron chi connectivity index (χ4n) is 9.23. The topological polar surface area (TPSA) is 41.7 Å². The Balaban J connectivity index is 1.04. The van der Waals surface area contributed by atoms with Crippen LogP contribution in [0.4, 0.5) is 0 Å². The summed E-state index contributed by atoms with van der Waals surface area (Å²) in [6.07, 6.45) is -0.254. The summed E-state index contributed by atoms with van der Waals surface area (Å²) in [7, 11) is 0. The van der Waals surface area contributed by atoms with Crippen LogP contribution in [0, 0.1) is 0 Å². The summed E-state index contributed by atoms with van der Waals surface area (Å²) in [5.74, 6) is 1.51. The number of fused-ring (bicyclic) bond motifs is 6. The van der Waals surface area contributed by atoms with Gasteiger partial charge in [-0.25, -0.2) is 9.98 Å². The van der Waals surface area contributed by atoms with Gasteiger partial charge in [0, 0.05) is 38.6 Å². The van der Waals surface area contributed by atoms with Crippen molar-refractivity contribution in [3.05, 3.63) is 222 Å². The molecular formula is C54H40N4. The molecule has 9 aromatic rings. The molecule has 2 heterocycles. The van der Waals surface area contributed by atoms with Gasteiger partial charge in [-0.05, 0) is 80.9 Å². The lowest BCUT2D eigenvalue weighted by atomic mass is 9.81. The highest BCUT2D eigenvalue weighted by molar-refractivity contribution is 6.15. The minimum atomic E-state index is -0.254. The molecule has 58 heavy (non-hydrogen) atoms. The van der Waals surface area contributed by atoms with Crippen molar-refractivity contribution in [2.24, 2.45) is 9.98 Å². The summed E-state index contributed by atoms with van der Waals surface area (Å²) in [5, 5.41) is 6.09. The molecule has 0 saturated carbocycles. The number of aromatic nitrogens is 1. The maximum atomic E-state index is 5.07. The third-order valence-corrected chi connectivity index (χ3v) is 12.1. The summed E-state index contributed by atoms with van der Waals surface area (Å²) >= 11 is 0. The second-order valence-electron chi connectivity index (χ2n) is 15.8. The normalized spacial score (nSPS) is 15.4. The van der Waals surface area contributed by atoms with Crippen molar-refractivity contribution in [2.75, 3.05) is 0 Å². The molecule has 0 saturated heterocycles. The Hall–Kier alpha value is -7.30. The van der Waals surface area contributed by atoms with Crippen LogP contribution in [0.15, 0.2) is 204 Å².